The number of hydrogen-bond donors (Lipinski definition) is 0. The minimum Gasteiger partial charge on any atom is -0.342 e. The highest BCUT2D eigenvalue weighted by molar-refractivity contribution is 6.38. The zero-order valence-corrected chi connectivity index (χ0v) is 16.3. The van der Waals surface area contributed by atoms with Crippen molar-refractivity contribution in [1.82, 2.24) is 19.7 Å². The second-order valence-corrected chi connectivity index (χ2v) is 6.98. The van der Waals surface area contributed by atoms with Gasteiger partial charge in [-0.25, -0.2) is 9.67 Å². The monoisotopic (exact) mass is 370 g/mol. The smallest absolute Gasteiger partial charge is 0.256 e. The van der Waals surface area contributed by atoms with Gasteiger partial charge in [-0.05, 0) is 32.4 Å². The number of nitrogens with zero attached hydrogens (tertiary/aromatic N) is 4. The van der Waals surface area contributed by atoms with Crippen LogP contribution in [-0.2, 0) is 0 Å². The molecule has 26 heavy (non-hydrogen) atoms. The minimum absolute atomic E-state index is 0.111. The molecule has 136 valence electrons. The highest BCUT2D eigenvalue weighted by atomic mass is 35.5. The molecule has 5 nitrogen and oxygen atoms in total. The van der Waals surface area contributed by atoms with Crippen molar-refractivity contribution in [3.63, 3.8) is 0 Å². The van der Waals surface area contributed by atoms with Crippen LogP contribution in [0.25, 0.3) is 16.7 Å². The predicted molar refractivity (Wildman–Crippen MR) is 105 cm³/mol. The number of aryl methyl sites for hydroxylation is 2. The van der Waals surface area contributed by atoms with E-state index in [2.05, 4.69) is 17.0 Å². The summed E-state index contributed by atoms with van der Waals surface area (Å²) in [5, 5.41) is 5.73. The number of benzene rings is 1. The van der Waals surface area contributed by atoms with E-state index in [-0.39, 0.29) is 5.91 Å². The van der Waals surface area contributed by atoms with E-state index >= 15 is 0 Å². The molecule has 0 radical (unpaired) electrons. The van der Waals surface area contributed by atoms with Gasteiger partial charge in [0.05, 0.1) is 27.4 Å². The SMILES string of the molecule is CCCCN(C)C(=O)c1cnc2c(c(C)nn2-c2ccc(C)cc2)c1Cl. The Bertz CT molecular complexity index is 947. The van der Waals surface area contributed by atoms with Crippen molar-refractivity contribution >= 4 is 28.5 Å². The van der Waals surface area contributed by atoms with Gasteiger partial charge in [-0.15, -0.1) is 0 Å². The Labute approximate surface area is 158 Å². The maximum atomic E-state index is 12.7. The molecule has 0 atom stereocenters. The molecule has 0 unspecified atom stereocenters. The third-order valence-electron chi connectivity index (χ3n) is 4.51. The minimum atomic E-state index is -0.111. The fourth-order valence-electron chi connectivity index (χ4n) is 2.93. The third-order valence-corrected chi connectivity index (χ3v) is 4.90. The van der Waals surface area contributed by atoms with Crippen LogP contribution in [0.3, 0.4) is 0 Å². The molecular weight excluding hydrogens is 348 g/mol. The van der Waals surface area contributed by atoms with Gasteiger partial charge in [0.1, 0.15) is 0 Å². The Morgan fingerprint density at radius 3 is 2.58 bits per heavy atom. The fraction of sp³-hybridized carbons (Fsp3) is 0.350. The predicted octanol–water partition coefficient (Wildman–Crippen LogP) is 4.56. The Hall–Kier alpha value is -2.40. The topological polar surface area (TPSA) is 51.0 Å². The molecule has 1 aromatic carbocycles. The Balaban J connectivity index is 2.06. The zero-order valence-electron chi connectivity index (χ0n) is 15.6. The number of hydrogen-bond acceptors (Lipinski definition) is 3. The molecule has 0 bridgehead atoms. The molecule has 0 saturated carbocycles. The lowest BCUT2D eigenvalue weighted by Gasteiger charge is -2.17. The Morgan fingerprint density at radius 1 is 1.23 bits per heavy atom. The largest absolute Gasteiger partial charge is 0.342 e. The summed E-state index contributed by atoms with van der Waals surface area (Å²) in [5.41, 5.74) is 3.92. The Morgan fingerprint density at radius 2 is 1.92 bits per heavy atom. The van der Waals surface area contributed by atoms with Gasteiger partial charge < -0.3 is 4.90 Å². The van der Waals surface area contributed by atoms with Crippen LogP contribution in [0.4, 0.5) is 0 Å². The third kappa shape index (κ3) is 3.31. The molecule has 3 rings (SSSR count). The first-order valence-corrected chi connectivity index (χ1v) is 9.18. The average Bonchev–Trinajstić information content (AvgIpc) is 2.97. The second-order valence-electron chi connectivity index (χ2n) is 6.60. The van der Waals surface area contributed by atoms with Crippen LogP contribution in [0.2, 0.25) is 5.02 Å². The molecule has 3 aromatic rings. The van der Waals surface area contributed by atoms with E-state index in [1.54, 1.807) is 22.8 Å². The fourth-order valence-corrected chi connectivity index (χ4v) is 3.28. The van der Waals surface area contributed by atoms with Crippen LogP contribution < -0.4 is 0 Å². The van der Waals surface area contributed by atoms with Crippen molar-refractivity contribution < 1.29 is 4.79 Å². The number of rotatable bonds is 5. The van der Waals surface area contributed by atoms with Crippen molar-refractivity contribution in [3.05, 3.63) is 52.3 Å². The zero-order chi connectivity index (χ0) is 18.8. The van der Waals surface area contributed by atoms with Crippen LogP contribution in [0.15, 0.2) is 30.5 Å². The molecule has 0 aliphatic carbocycles. The molecule has 0 aliphatic rings. The number of aromatic nitrogens is 3. The van der Waals surface area contributed by atoms with Crippen LogP contribution >= 0.6 is 11.6 Å². The van der Waals surface area contributed by atoms with Crippen molar-refractivity contribution in [2.24, 2.45) is 0 Å². The molecular formula is C20H23ClN4O. The molecule has 0 spiro atoms. The molecule has 0 fully saturated rings. The van der Waals surface area contributed by atoms with E-state index in [0.717, 1.165) is 29.6 Å². The Kier molecular flexibility index (Phi) is 5.28. The first kappa shape index (κ1) is 18.4. The summed E-state index contributed by atoms with van der Waals surface area (Å²) in [6.45, 7) is 6.72. The number of halogens is 1. The van der Waals surface area contributed by atoms with Crippen LogP contribution in [0.5, 0.6) is 0 Å². The van der Waals surface area contributed by atoms with Gasteiger partial charge in [-0.1, -0.05) is 42.6 Å². The van der Waals surface area contributed by atoms with Gasteiger partial charge in [0.2, 0.25) is 0 Å². The highest BCUT2D eigenvalue weighted by Gasteiger charge is 2.21. The van der Waals surface area contributed by atoms with Gasteiger partial charge in [0.15, 0.2) is 5.65 Å². The number of carbonyl (C=O) groups is 1. The lowest BCUT2D eigenvalue weighted by atomic mass is 10.1. The van der Waals surface area contributed by atoms with Crippen molar-refractivity contribution in [1.29, 1.82) is 0 Å². The maximum absolute atomic E-state index is 12.7. The normalized spacial score (nSPS) is 11.1. The second kappa shape index (κ2) is 7.46. The summed E-state index contributed by atoms with van der Waals surface area (Å²) < 4.78 is 1.77. The standard InChI is InChI=1S/C20H23ClN4O/c1-5-6-11-24(4)20(26)16-12-22-19-17(18(16)21)14(3)23-25(19)15-9-7-13(2)8-10-15/h7-10,12H,5-6,11H2,1-4H3. The number of amides is 1. The van der Waals surface area contributed by atoms with E-state index in [9.17, 15) is 4.79 Å². The summed E-state index contributed by atoms with van der Waals surface area (Å²) in [5.74, 6) is -0.111. The van der Waals surface area contributed by atoms with Gasteiger partial charge >= 0.3 is 0 Å². The van der Waals surface area contributed by atoms with Gasteiger partial charge in [-0.3, -0.25) is 4.79 Å². The van der Waals surface area contributed by atoms with Crippen LogP contribution in [0, 0.1) is 13.8 Å². The summed E-state index contributed by atoms with van der Waals surface area (Å²) >= 11 is 6.61. The van der Waals surface area contributed by atoms with Crippen molar-refractivity contribution in [2.75, 3.05) is 13.6 Å². The molecule has 0 saturated heterocycles. The van der Waals surface area contributed by atoms with Crippen LogP contribution in [-0.4, -0.2) is 39.2 Å². The van der Waals surface area contributed by atoms with E-state index in [1.807, 2.05) is 38.1 Å². The van der Waals surface area contributed by atoms with E-state index in [0.29, 0.717) is 22.8 Å². The quantitative estimate of drug-likeness (QED) is 0.661. The maximum Gasteiger partial charge on any atom is 0.256 e. The molecule has 2 aromatic heterocycles. The molecule has 2 heterocycles. The first-order valence-electron chi connectivity index (χ1n) is 8.80. The van der Waals surface area contributed by atoms with E-state index in [1.165, 1.54) is 5.56 Å². The average molecular weight is 371 g/mol. The molecule has 0 N–H and O–H groups in total. The van der Waals surface area contributed by atoms with Gasteiger partial charge in [0.25, 0.3) is 5.91 Å². The van der Waals surface area contributed by atoms with Crippen molar-refractivity contribution in [3.8, 4) is 5.69 Å². The molecule has 0 aliphatic heterocycles. The highest BCUT2D eigenvalue weighted by Crippen LogP contribution is 2.30. The summed E-state index contributed by atoms with van der Waals surface area (Å²) in [4.78, 5) is 18.9. The number of fused-ring (bicyclic) bond motifs is 1. The molecule has 1 amide bonds. The number of pyridine rings is 1. The lowest BCUT2D eigenvalue weighted by Crippen LogP contribution is -2.28. The van der Waals surface area contributed by atoms with Gasteiger partial charge in [0, 0.05) is 19.8 Å². The van der Waals surface area contributed by atoms with E-state index in [4.69, 9.17) is 11.6 Å². The lowest BCUT2D eigenvalue weighted by molar-refractivity contribution is 0.0793. The van der Waals surface area contributed by atoms with Crippen molar-refractivity contribution in [2.45, 2.75) is 33.6 Å². The molecule has 6 heteroatoms. The van der Waals surface area contributed by atoms with E-state index < -0.39 is 0 Å². The van der Waals surface area contributed by atoms with Crippen LogP contribution in [0.1, 0.15) is 41.4 Å². The summed E-state index contributed by atoms with van der Waals surface area (Å²) in [6, 6.07) is 8.05. The first-order chi connectivity index (χ1) is 12.4. The summed E-state index contributed by atoms with van der Waals surface area (Å²) in [7, 11) is 1.79. The number of carbonyl (C=O) groups excluding carboxylic acids is 1. The summed E-state index contributed by atoms with van der Waals surface area (Å²) in [6.07, 6.45) is 3.55. The van der Waals surface area contributed by atoms with Gasteiger partial charge in [-0.2, -0.15) is 5.10 Å². The number of unbranched alkanes of at least 4 members (excludes halogenated alkanes) is 1.